The first-order chi connectivity index (χ1) is 12.0. The maximum absolute atomic E-state index is 13.0. The zero-order chi connectivity index (χ0) is 19.3. The number of hydrogen-bond acceptors (Lipinski definition) is 4. The summed E-state index contributed by atoms with van der Waals surface area (Å²) in [5.41, 5.74) is -0.190. The second kappa shape index (κ2) is 5.58. The molecule has 2 aromatic rings. The molecular weight excluding hydrogens is 322 g/mol. The van der Waals surface area contributed by atoms with Gasteiger partial charge < -0.3 is 9.64 Å². The normalized spacial score (nSPS) is 24.6. The molecule has 0 N–H and O–H groups in total. The molecule has 1 amide bonds. The summed E-state index contributed by atoms with van der Waals surface area (Å²) in [6.07, 6.45) is 2.49. The highest BCUT2D eigenvalue weighted by Gasteiger charge is 2.24. The predicted molar refractivity (Wildman–Crippen MR) is 76.4 cm³/mol. The standard InChI is InChI=1S/C14H12BrN3O2/c15-10-2-3-12-11(8-10)14(19)18(6-7-20-12)9-13-16-4-1-5-17-13/h1-5,8H,6-7,9H2/i6D2,7D2,9D2. The average molecular weight is 340 g/mol. The molecule has 20 heavy (non-hydrogen) atoms. The monoisotopic (exact) mass is 339 g/mol. The van der Waals surface area contributed by atoms with Crippen molar-refractivity contribution < 1.29 is 17.8 Å². The summed E-state index contributed by atoms with van der Waals surface area (Å²) in [5, 5.41) is 0. The molecule has 0 saturated carbocycles. The molecule has 1 aliphatic rings. The minimum absolute atomic E-state index is 0.146. The Kier molecular flexibility index (Phi) is 2.16. The first kappa shape index (κ1) is 7.73. The number of rotatable bonds is 2. The number of fused-ring (bicyclic) bond motifs is 1. The Bertz CT molecular complexity index is 865. The molecular formula is C14H12BrN3O2. The van der Waals surface area contributed by atoms with Crippen LogP contribution in [-0.2, 0) is 6.50 Å². The van der Waals surface area contributed by atoms with Crippen molar-refractivity contribution in [2.75, 3.05) is 13.1 Å². The van der Waals surface area contributed by atoms with E-state index in [1.54, 1.807) is 0 Å². The molecule has 5 nitrogen and oxygen atoms in total. The molecule has 0 radical (unpaired) electrons. The largest absolute Gasteiger partial charge is 0.491 e. The Morgan fingerprint density at radius 2 is 2.25 bits per heavy atom. The number of carbonyl (C=O) groups excluding carboxylic acids is 1. The third-order valence-corrected chi connectivity index (χ3v) is 2.96. The zero-order valence-corrected chi connectivity index (χ0v) is 11.6. The Hall–Kier alpha value is -1.95. The van der Waals surface area contributed by atoms with Gasteiger partial charge in [0, 0.05) is 16.9 Å². The molecule has 0 fully saturated rings. The molecule has 0 bridgehead atoms. The number of aromatic nitrogens is 2. The van der Waals surface area contributed by atoms with Gasteiger partial charge in [0.05, 0.1) is 26.8 Å². The average Bonchev–Trinajstić information content (AvgIpc) is 2.61. The minimum Gasteiger partial charge on any atom is -0.491 e. The molecule has 3 rings (SSSR count). The predicted octanol–water partition coefficient (Wildman–Crippen LogP) is 2.27. The van der Waals surface area contributed by atoms with Gasteiger partial charge in [0.25, 0.3) is 5.91 Å². The van der Waals surface area contributed by atoms with E-state index in [-0.39, 0.29) is 16.2 Å². The van der Waals surface area contributed by atoms with E-state index in [0.29, 0.717) is 4.47 Å². The van der Waals surface area contributed by atoms with E-state index in [4.69, 9.17) is 13.0 Å². The highest BCUT2D eigenvalue weighted by molar-refractivity contribution is 9.10. The second-order valence-electron chi connectivity index (χ2n) is 3.78. The molecule has 0 saturated heterocycles. The van der Waals surface area contributed by atoms with Gasteiger partial charge in [0.15, 0.2) is 0 Å². The van der Waals surface area contributed by atoms with Crippen LogP contribution in [0.4, 0.5) is 0 Å². The summed E-state index contributed by atoms with van der Waals surface area (Å²) in [6.45, 7) is -9.05. The van der Waals surface area contributed by atoms with Gasteiger partial charge >= 0.3 is 0 Å². The van der Waals surface area contributed by atoms with Gasteiger partial charge in [0.2, 0.25) is 0 Å². The number of amides is 1. The van der Waals surface area contributed by atoms with Gasteiger partial charge in [-0.2, -0.15) is 0 Å². The van der Waals surface area contributed by atoms with Crippen LogP contribution < -0.4 is 4.74 Å². The summed E-state index contributed by atoms with van der Waals surface area (Å²) in [4.78, 5) is 20.7. The lowest BCUT2D eigenvalue weighted by molar-refractivity contribution is 0.0738. The second-order valence-corrected chi connectivity index (χ2v) is 4.70. The van der Waals surface area contributed by atoms with Crippen molar-refractivity contribution in [3.8, 4) is 5.75 Å². The number of halogens is 1. The van der Waals surface area contributed by atoms with Crippen molar-refractivity contribution in [1.82, 2.24) is 14.9 Å². The maximum Gasteiger partial charge on any atom is 0.258 e. The van der Waals surface area contributed by atoms with Crippen molar-refractivity contribution in [3.63, 3.8) is 0 Å². The molecule has 2 heterocycles. The molecule has 0 spiro atoms. The van der Waals surface area contributed by atoms with Crippen molar-refractivity contribution in [2.45, 2.75) is 6.50 Å². The van der Waals surface area contributed by atoms with Crippen molar-refractivity contribution in [1.29, 1.82) is 0 Å². The smallest absolute Gasteiger partial charge is 0.258 e. The fourth-order valence-corrected chi connectivity index (χ4v) is 1.95. The fourth-order valence-electron chi connectivity index (χ4n) is 1.59. The van der Waals surface area contributed by atoms with Gasteiger partial charge in [-0.05, 0) is 24.3 Å². The van der Waals surface area contributed by atoms with Crippen LogP contribution in [0.1, 0.15) is 24.4 Å². The SMILES string of the molecule is [2H]C([2H])(c1ncccn1)N1C(=O)c2cc(Br)ccc2OC([2H])([2H])C1([2H])[2H]. The Labute approximate surface area is 133 Å². The lowest BCUT2D eigenvalue weighted by Crippen LogP contribution is -2.32. The number of nitrogens with zero attached hydrogens (tertiary/aromatic N) is 3. The van der Waals surface area contributed by atoms with E-state index >= 15 is 0 Å². The first-order valence-electron chi connectivity index (χ1n) is 8.59. The van der Waals surface area contributed by atoms with Crippen LogP contribution >= 0.6 is 15.9 Å². The van der Waals surface area contributed by atoms with Crippen LogP contribution in [0.25, 0.3) is 0 Å². The number of ether oxygens (including phenoxy) is 1. The van der Waals surface area contributed by atoms with Crippen molar-refractivity contribution in [2.24, 2.45) is 0 Å². The summed E-state index contributed by atoms with van der Waals surface area (Å²) >= 11 is 3.18. The molecule has 0 aliphatic carbocycles. The number of benzene rings is 1. The lowest BCUT2D eigenvalue weighted by atomic mass is 10.2. The van der Waals surface area contributed by atoms with Crippen molar-refractivity contribution in [3.05, 3.63) is 52.5 Å². The lowest BCUT2D eigenvalue weighted by Gasteiger charge is -2.18. The molecule has 1 aromatic carbocycles. The Morgan fingerprint density at radius 3 is 3.05 bits per heavy atom. The highest BCUT2D eigenvalue weighted by atomic mass is 79.9. The van der Waals surface area contributed by atoms with E-state index in [1.165, 1.54) is 36.7 Å². The molecule has 6 heteroatoms. The summed E-state index contributed by atoms with van der Waals surface area (Å²) in [7, 11) is 0. The summed E-state index contributed by atoms with van der Waals surface area (Å²) in [5.74, 6) is -1.77. The quantitative estimate of drug-likeness (QED) is 0.842. The van der Waals surface area contributed by atoms with Gasteiger partial charge in [0.1, 0.15) is 18.1 Å². The van der Waals surface area contributed by atoms with E-state index in [9.17, 15) is 4.79 Å². The van der Waals surface area contributed by atoms with E-state index in [1.807, 2.05) is 0 Å². The van der Waals surface area contributed by atoms with Crippen LogP contribution in [0.15, 0.2) is 41.1 Å². The van der Waals surface area contributed by atoms with Gasteiger partial charge in [-0.3, -0.25) is 4.79 Å². The third-order valence-electron chi connectivity index (χ3n) is 2.47. The minimum atomic E-state index is -3.17. The molecule has 1 aromatic heterocycles. The van der Waals surface area contributed by atoms with Gasteiger partial charge in [-0.25, -0.2) is 9.97 Å². The molecule has 1 aliphatic heterocycles. The summed E-state index contributed by atoms with van der Waals surface area (Å²) < 4.78 is 54.4. The highest BCUT2D eigenvalue weighted by Crippen LogP contribution is 2.26. The van der Waals surface area contributed by atoms with E-state index in [2.05, 4.69) is 25.9 Å². The van der Waals surface area contributed by atoms with Gasteiger partial charge in [-0.15, -0.1) is 0 Å². The van der Waals surface area contributed by atoms with E-state index < -0.39 is 31.3 Å². The maximum atomic E-state index is 13.0. The van der Waals surface area contributed by atoms with Crippen molar-refractivity contribution >= 4 is 21.8 Å². The zero-order valence-electron chi connectivity index (χ0n) is 16.0. The Morgan fingerprint density at radius 1 is 1.45 bits per heavy atom. The Balaban J connectivity index is 2.26. The van der Waals surface area contributed by atoms with E-state index in [0.717, 1.165) is 0 Å². The number of hydrogen-bond donors (Lipinski definition) is 0. The van der Waals surface area contributed by atoms with Crippen LogP contribution in [0, 0.1) is 0 Å². The molecule has 0 unspecified atom stereocenters. The molecule has 102 valence electrons. The van der Waals surface area contributed by atoms with Crippen LogP contribution in [0.5, 0.6) is 5.75 Å². The van der Waals surface area contributed by atoms with Crippen LogP contribution in [-0.4, -0.2) is 33.8 Å². The fraction of sp³-hybridized carbons (Fsp3) is 0.214. The summed E-state index contributed by atoms with van der Waals surface area (Å²) in [6, 6.07) is 5.56. The van der Waals surface area contributed by atoms with Crippen LogP contribution in [0.3, 0.4) is 0 Å². The third kappa shape index (κ3) is 2.65. The van der Waals surface area contributed by atoms with Crippen LogP contribution in [0.2, 0.25) is 0 Å². The topological polar surface area (TPSA) is 55.3 Å². The van der Waals surface area contributed by atoms with Gasteiger partial charge in [-0.1, -0.05) is 15.9 Å². The first-order valence-corrected chi connectivity index (χ1v) is 6.38. The molecule has 0 atom stereocenters. The number of carbonyl (C=O) groups is 1.